The van der Waals surface area contributed by atoms with Crippen molar-refractivity contribution in [3.05, 3.63) is 35.4 Å². The molecule has 0 amide bonds. The number of nitrogens with zero attached hydrogens (tertiary/aromatic N) is 4. The number of aryl methyl sites for hydroxylation is 1. The van der Waals surface area contributed by atoms with Crippen LogP contribution in [0.2, 0.25) is 5.15 Å². The van der Waals surface area contributed by atoms with Crippen molar-refractivity contribution < 1.29 is 4.42 Å². The van der Waals surface area contributed by atoms with E-state index < -0.39 is 0 Å². The summed E-state index contributed by atoms with van der Waals surface area (Å²) in [6.45, 7) is 1.86. The molecule has 0 saturated heterocycles. The standard InChI is InChI=1S/C10H7ClN4O/c1-6-7(4-5-16-6)10-13-12-9-3-2-8(11)14-15(9)10/h2-5H,1H3. The average molecular weight is 235 g/mol. The lowest BCUT2D eigenvalue weighted by Gasteiger charge is -1.97. The lowest BCUT2D eigenvalue weighted by molar-refractivity contribution is 0.535. The third kappa shape index (κ3) is 1.29. The minimum Gasteiger partial charge on any atom is -0.469 e. The second-order valence-electron chi connectivity index (χ2n) is 3.34. The predicted molar refractivity (Wildman–Crippen MR) is 58.2 cm³/mol. The summed E-state index contributed by atoms with van der Waals surface area (Å²) >= 11 is 5.84. The van der Waals surface area contributed by atoms with E-state index in [2.05, 4.69) is 15.3 Å². The van der Waals surface area contributed by atoms with E-state index in [-0.39, 0.29) is 0 Å². The van der Waals surface area contributed by atoms with Crippen LogP contribution in [-0.4, -0.2) is 19.8 Å². The number of fused-ring (bicyclic) bond motifs is 1. The third-order valence-corrected chi connectivity index (χ3v) is 2.53. The molecule has 0 aromatic carbocycles. The fourth-order valence-corrected chi connectivity index (χ4v) is 1.69. The second kappa shape index (κ2) is 3.31. The molecule has 3 aromatic heterocycles. The van der Waals surface area contributed by atoms with Crippen LogP contribution in [0.4, 0.5) is 0 Å². The third-order valence-electron chi connectivity index (χ3n) is 2.33. The maximum atomic E-state index is 5.84. The summed E-state index contributed by atoms with van der Waals surface area (Å²) in [4.78, 5) is 0. The molecule has 0 spiro atoms. The zero-order valence-electron chi connectivity index (χ0n) is 8.38. The fourth-order valence-electron chi connectivity index (χ4n) is 1.55. The van der Waals surface area contributed by atoms with Gasteiger partial charge in [0.2, 0.25) is 0 Å². The molecular formula is C10H7ClN4O. The maximum absolute atomic E-state index is 5.84. The molecule has 0 N–H and O–H groups in total. The Morgan fingerprint density at radius 1 is 1.25 bits per heavy atom. The van der Waals surface area contributed by atoms with Crippen molar-refractivity contribution in [1.82, 2.24) is 19.8 Å². The number of hydrogen-bond acceptors (Lipinski definition) is 4. The van der Waals surface area contributed by atoms with Crippen LogP contribution in [0, 0.1) is 6.92 Å². The Kier molecular flexibility index (Phi) is 1.94. The zero-order valence-corrected chi connectivity index (χ0v) is 9.14. The first-order chi connectivity index (χ1) is 7.75. The van der Waals surface area contributed by atoms with E-state index in [9.17, 15) is 0 Å². The summed E-state index contributed by atoms with van der Waals surface area (Å²) in [5.41, 5.74) is 1.52. The Bertz CT molecular complexity index is 658. The van der Waals surface area contributed by atoms with Gasteiger partial charge in [0.15, 0.2) is 11.5 Å². The van der Waals surface area contributed by atoms with Crippen LogP contribution in [0.25, 0.3) is 17.0 Å². The number of rotatable bonds is 1. The van der Waals surface area contributed by atoms with Crippen molar-refractivity contribution in [2.75, 3.05) is 0 Å². The van der Waals surface area contributed by atoms with Gasteiger partial charge in [0.1, 0.15) is 10.9 Å². The zero-order chi connectivity index (χ0) is 11.1. The highest BCUT2D eigenvalue weighted by atomic mass is 35.5. The molecule has 0 fully saturated rings. The molecule has 0 aliphatic rings. The van der Waals surface area contributed by atoms with Crippen LogP contribution < -0.4 is 0 Å². The van der Waals surface area contributed by atoms with Gasteiger partial charge in [-0.15, -0.1) is 10.2 Å². The summed E-state index contributed by atoms with van der Waals surface area (Å²) in [6, 6.07) is 5.27. The van der Waals surface area contributed by atoms with Crippen LogP contribution in [-0.2, 0) is 0 Å². The van der Waals surface area contributed by atoms with E-state index in [1.165, 1.54) is 0 Å². The lowest BCUT2D eigenvalue weighted by atomic mass is 10.2. The van der Waals surface area contributed by atoms with Crippen LogP contribution >= 0.6 is 11.6 Å². The van der Waals surface area contributed by atoms with E-state index in [0.717, 1.165) is 11.3 Å². The molecule has 0 aliphatic carbocycles. The molecular weight excluding hydrogens is 228 g/mol. The molecule has 3 aromatic rings. The summed E-state index contributed by atoms with van der Waals surface area (Å²) in [6.07, 6.45) is 1.61. The maximum Gasteiger partial charge on any atom is 0.188 e. The minimum absolute atomic E-state index is 0.398. The molecule has 3 rings (SSSR count). The Morgan fingerprint density at radius 2 is 2.12 bits per heavy atom. The summed E-state index contributed by atoms with van der Waals surface area (Å²) in [7, 11) is 0. The van der Waals surface area contributed by atoms with E-state index in [0.29, 0.717) is 16.6 Å². The van der Waals surface area contributed by atoms with Crippen molar-refractivity contribution in [3.8, 4) is 11.4 Å². The smallest absolute Gasteiger partial charge is 0.188 e. The fraction of sp³-hybridized carbons (Fsp3) is 0.100. The largest absolute Gasteiger partial charge is 0.469 e. The van der Waals surface area contributed by atoms with E-state index in [1.54, 1.807) is 22.9 Å². The highest BCUT2D eigenvalue weighted by Gasteiger charge is 2.13. The van der Waals surface area contributed by atoms with Crippen LogP contribution in [0.15, 0.2) is 28.9 Å². The Labute approximate surface area is 95.7 Å². The first-order valence-corrected chi connectivity index (χ1v) is 5.06. The normalized spacial score (nSPS) is 11.1. The Balaban J connectivity index is 2.32. The molecule has 0 atom stereocenters. The number of aromatic nitrogens is 4. The molecule has 0 unspecified atom stereocenters. The van der Waals surface area contributed by atoms with Gasteiger partial charge in [-0.2, -0.15) is 9.61 Å². The quantitative estimate of drug-likeness (QED) is 0.649. The molecule has 0 saturated carbocycles. The lowest BCUT2D eigenvalue weighted by Crippen LogP contribution is -1.94. The van der Waals surface area contributed by atoms with Crippen molar-refractivity contribution in [1.29, 1.82) is 0 Å². The average Bonchev–Trinajstić information content (AvgIpc) is 2.83. The predicted octanol–water partition coefficient (Wildman–Crippen LogP) is 2.35. The number of hydrogen-bond donors (Lipinski definition) is 0. The topological polar surface area (TPSA) is 56.2 Å². The molecule has 16 heavy (non-hydrogen) atoms. The number of halogens is 1. The van der Waals surface area contributed by atoms with Crippen molar-refractivity contribution >= 4 is 17.2 Å². The highest BCUT2D eigenvalue weighted by Crippen LogP contribution is 2.22. The summed E-state index contributed by atoms with van der Waals surface area (Å²) < 4.78 is 6.82. The van der Waals surface area contributed by atoms with E-state index >= 15 is 0 Å². The van der Waals surface area contributed by atoms with E-state index in [1.807, 2.05) is 13.0 Å². The Morgan fingerprint density at radius 3 is 2.88 bits per heavy atom. The number of furan rings is 1. The Hall–Kier alpha value is -1.88. The van der Waals surface area contributed by atoms with Gasteiger partial charge in [-0.25, -0.2) is 0 Å². The first kappa shape index (κ1) is 9.35. The van der Waals surface area contributed by atoms with Gasteiger partial charge in [-0.1, -0.05) is 11.6 Å². The van der Waals surface area contributed by atoms with Crippen LogP contribution in [0.1, 0.15) is 5.76 Å². The molecule has 80 valence electrons. The monoisotopic (exact) mass is 234 g/mol. The van der Waals surface area contributed by atoms with Gasteiger partial charge in [-0.3, -0.25) is 0 Å². The molecule has 3 heterocycles. The van der Waals surface area contributed by atoms with Gasteiger partial charge in [-0.05, 0) is 25.1 Å². The minimum atomic E-state index is 0.398. The first-order valence-electron chi connectivity index (χ1n) is 4.68. The summed E-state index contributed by atoms with van der Waals surface area (Å²) in [5, 5.41) is 12.6. The molecule has 6 heteroatoms. The van der Waals surface area contributed by atoms with Gasteiger partial charge in [0, 0.05) is 0 Å². The molecule has 0 bridgehead atoms. The van der Waals surface area contributed by atoms with Crippen molar-refractivity contribution in [3.63, 3.8) is 0 Å². The van der Waals surface area contributed by atoms with Gasteiger partial charge < -0.3 is 4.42 Å². The molecule has 0 aliphatic heterocycles. The SMILES string of the molecule is Cc1occc1-c1nnc2ccc(Cl)nn12. The molecule has 5 nitrogen and oxygen atoms in total. The summed E-state index contributed by atoms with van der Waals surface area (Å²) in [5.74, 6) is 1.40. The van der Waals surface area contributed by atoms with Gasteiger partial charge in [0.05, 0.1) is 11.8 Å². The van der Waals surface area contributed by atoms with Gasteiger partial charge in [0.25, 0.3) is 0 Å². The van der Waals surface area contributed by atoms with Crippen molar-refractivity contribution in [2.45, 2.75) is 6.92 Å². The van der Waals surface area contributed by atoms with Crippen molar-refractivity contribution in [2.24, 2.45) is 0 Å². The highest BCUT2D eigenvalue weighted by molar-refractivity contribution is 6.29. The molecule has 0 radical (unpaired) electrons. The van der Waals surface area contributed by atoms with Crippen LogP contribution in [0.3, 0.4) is 0 Å². The second-order valence-corrected chi connectivity index (χ2v) is 3.73. The van der Waals surface area contributed by atoms with Crippen LogP contribution in [0.5, 0.6) is 0 Å². The van der Waals surface area contributed by atoms with E-state index in [4.69, 9.17) is 16.0 Å². The van der Waals surface area contributed by atoms with Gasteiger partial charge >= 0.3 is 0 Å².